The fraction of sp³-hybridized carbons (Fsp3) is 0.389. The minimum absolute atomic E-state index is 0.182. The number of aromatic nitrogens is 4. The van der Waals surface area contributed by atoms with Gasteiger partial charge >= 0.3 is 0 Å². The highest BCUT2D eigenvalue weighted by Gasteiger charge is 2.24. The molecule has 0 unspecified atom stereocenters. The van der Waals surface area contributed by atoms with Crippen molar-refractivity contribution in [2.24, 2.45) is 7.05 Å². The van der Waals surface area contributed by atoms with Gasteiger partial charge in [0.2, 0.25) is 9.84 Å². The smallest absolute Gasteiger partial charge is 0.251 e. The minimum Gasteiger partial charge on any atom is -0.497 e. The Bertz CT molecular complexity index is 1040. The number of nitrogens with zero attached hydrogens (tertiary/aromatic N) is 5. The van der Waals surface area contributed by atoms with Crippen molar-refractivity contribution in [2.75, 3.05) is 25.1 Å². The molecule has 144 valence electrons. The highest BCUT2D eigenvalue weighted by Crippen LogP contribution is 2.25. The third-order valence-corrected chi connectivity index (χ3v) is 5.83. The van der Waals surface area contributed by atoms with Gasteiger partial charge < -0.3 is 14.2 Å². The minimum atomic E-state index is -3.72. The summed E-state index contributed by atoms with van der Waals surface area (Å²) in [5.74, 6) is 1.03. The highest BCUT2D eigenvalue weighted by atomic mass is 32.2. The zero-order valence-electron chi connectivity index (χ0n) is 15.9. The van der Waals surface area contributed by atoms with Gasteiger partial charge in [0.05, 0.1) is 19.2 Å². The molecule has 1 aromatic carbocycles. The Morgan fingerprint density at radius 1 is 1.11 bits per heavy atom. The molecule has 0 saturated carbocycles. The molecule has 0 fully saturated rings. The number of hydrogen-bond donors (Lipinski definition) is 0. The Labute approximate surface area is 158 Å². The van der Waals surface area contributed by atoms with Crippen molar-refractivity contribution in [1.29, 1.82) is 0 Å². The largest absolute Gasteiger partial charge is 0.497 e. The second kappa shape index (κ2) is 7.51. The lowest BCUT2D eigenvalue weighted by atomic mass is 10.2. The Morgan fingerprint density at radius 3 is 2.37 bits per heavy atom. The first-order valence-corrected chi connectivity index (χ1v) is 10.3. The molecule has 2 aromatic heterocycles. The van der Waals surface area contributed by atoms with E-state index in [9.17, 15) is 8.42 Å². The first kappa shape index (κ1) is 19.1. The number of sulfone groups is 1. The summed E-state index contributed by atoms with van der Waals surface area (Å²) in [4.78, 5) is 15.0. The van der Waals surface area contributed by atoms with Crippen LogP contribution in [-0.4, -0.2) is 48.1 Å². The predicted octanol–water partition coefficient (Wildman–Crippen LogP) is 2.19. The SMILES string of the molecule is CCN(CC)c1nc(S(=O)(=O)Cc2ccc(OC)cc2)nc2c1ncn2C. The van der Waals surface area contributed by atoms with E-state index in [4.69, 9.17) is 4.74 Å². The number of methoxy groups -OCH3 is 1. The van der Waals surface area contributed by atoms with Gasteiger partial charge in [-0.2, -0.15) is 9.97 Å². The van der Waals surface area contributed by atoms with E-state index in [1.165, 1.54) is 0 Å². The molecule has 0 atom stereocenters. The zero-order chi connectivity index (χ0) is 19.6. The maximum atomic E-state index is 13.0. The number of imidazole rings is 1. The van der Waals surface area contributed by atoms with Gasteiger partial charge in [-0.15, -0.1) is 0 Å². The highest BCUT2D eigenvalue weighted by molar-refractivity contribution is 7.90. The van der Waals surface area contributed by atoms with Crippen LogP contribution in [0.2, 0.25) is 0 Å². The van der Waals surface area contributed by atoms with E-state index < -0.39 is 9.84 Å². The maximum absolute atomic E-state index is 13.0. The fourth-order valence-corrected chi connectivity index (χ4v) is 4.07. The fourth-order valence-electron chi connectivity index (χ4n) is 2.86. The Kier molecular flexibility index (Phi) is 5.31. The van der Waals surface area contributed by atoms with E-state index >= 15 is 0 Å². The molecule has 3 aromatic rings. The van der Waals surface area contributed by atoms with Crippen LogP contribution in [-0.2, 0) is 22.6 Å². The summed E-state index contributed by atoms with van der Waals surface area (Å²) in [6.07, 6.45) is 1.62. The lowest BCUT2D eigenvalue weighted by Gasteiger charge is -2.20. The van der Waals surface area contributed by atoms with Crippen LogP contribution < -0.4 is 9.64 Å². The summed E-state index contributed by atoms with van der Waals surface area (Å²) in [6, 6.07) is 6.92. The molecule has 0 aliphatic carbocycles. The molecule has 0 bridgehead atoms. The average molecular weight is 389 g/mol. The van der Waals surface area contributed by atoms with Crippen molar-refractivity contribution in [3.8, 4) is 5.75 Å². The average Bonchev–Trinajstić information content (AvgIpc) is 3.04. The predicted molar refractivity (Wildman–Crippen MR) is 104 cm³/mol. The van der Waals surface area contributed by atoms with Gasteiger partial charge in [0.25, 0.3) is 5.16 Å². The number of aryl methyl sites for hydroxylation is 1. The summed E-state index contributed by atoms with van der Waals surface area (Å²) in [7, 11) is -0.369. The maximum Gasteiger partial charge on any atom is 0.251 e. The van der Waals surface area contributed by atoms with Crippen LogP contribution in [0.15, 0.2) is 35.7 Å². The molecule has 0 aliphatic heterocycles. The molecular formula is C18H23N5O3S. The summed E-state index contributed by atoms with van der Waals surface area (Å²) in [5, 5.41) is -0.184. The first-order chi connectivity index (χ1) is 12.9. The number of ether oxygens (including phenoxy) is 1. The van der Waals surface area contributed by atoms with Crippen molar-refractivity contribution >= 4 is 26.8 Å². The van der Waals surface area contributed by atoms with Crippen molar-refractivity contribution in [1.82, 2.24) is 19.5 Å². The monoisotopic (exact) mass is 389 g/mol. The van der Waals surface area contributed by atoms with Gasteiger partial charge in [-0.25, -0.2) is 13.4 Å². The van der Waals surface area contributed by atoms with Gasteiger partial charge in [-0.1, -0.05) is 12.1 Å². The van der Waals surface area contributed by atoms with E-state index in [1.54, 1.807) is 49.3 Å². The Balaban J connectivity index is 2.07. The van der Waals surface area contributed by atoms with Crippen LogP contribution in [0.4, 0.5) is 5.82 Å². The quantitative estimate of drug-likeness (QED) is 0.572. The van der Waals surface area contributed by atoms with Crippen LogP contribution in [0.3, 0.4) is 0 Å². The lowest BCUT2D eigenvalue weighted by molar-refractivity contribution is 0.414. The number of anilines is 1. The molecule has 0 spiro atoms. The third-order valence-electron chi connectivity index (χ3n) is 4.38. The van der Waals surface area contributed by atoms with Crippen LogP contribution >= 0.6 is 0 Å². The van der Waals surface area contributed by atoms with Gasteiger partial charge in [-0.05, 0) is 31.5 Å². The molecule has 8 nitrogen and oxygen atoms in total. The van der Waals surface area contributed by atoms with E-state index in [1.807, 2.05) is 18.7 Å². The molecule has 0 aliphatic rings. The molecule has 9 heteroatoms. The summed E-state index contributed by atoms with van der Waals surface area (Å²) < 4.78 is 32.8. The molecule has 0 amide bonds. The lowest BCUT2D eigenvalue weighted by Crippen LogP contribution is -2.24. The zero-order valence-corrected chi connectivity index (χ0v) is 16.7. The van der Waals surface area contributed by atoms with Gasteiger partial charge in [0.15, 0.2) is 17.0 Å². The second-order valence-electron chi connectivity index (χ2n) is 6.14. The summed E-state index contributed by atoms with van der Waals surface area (Å²) in [6.45, 7) is 5.37. The first-order valence-electron chi connectivity index (χ1n) is 8.69. The Morgan fingerprint density at radius 2 is 1.78 bits per heavy atom. The van der Waals surface area contributed by atoms with E-state index in [2.05, 4.69) is 15.0 Å². The Hall–Kier alpha value is -2.68. The number of fused-ring (bicyclic) bond motifs is 1. The van der Waals surface area contributed by atoms with Gasteiger partial charge in [0.1, 0.15) is 5.75 Å². The van der Waals surface area contributed by atoms with Crippen molar-refractivity contribution < 1.29 is 13.2 Å². The third kappa shape index (κ3) is 3.73. The number of rotatable bonds is 7. The van der Waals surface area contributed by atoms with Crippen molar-refractivity contribution in [2.45, 2.75) is 24.8 Å². The summed E-state index contributed by atoms with van der Waals surface area (Å²) in [5.41, 5.74) is 1.75. The van der Waals surface area contributed by atoms with Gasteiger partial charge in [0, 0.05) is 20.1 Å². The van der Waals surface area contributed by atoms with E-state index in [0.29, 0.717) is 41.4 Å². The molecule has 2 heterocycles. The van der Waals surface area contributed by atoms with Crippen molar-refractivity contribution in [3.05, 3.63) is 36.2 Å². The molecular weight excluding hydrogens is 366 g/mol. The molecule has 0 N–H and O–H groups in total. The van der Waals surface area contributed by atoms with Gasteiger partial charge in [-0.3, -0.25) is 0 Å². The standard InChI is InChI=1S/C18H23N5O3S/c1-5-23(6-2)17-15-16(22(3)12-19-15)20-18(21-17)27(24,25)11-13-7-9-14(26-4)10-8-13/h7-10,12H,5-6,11H2,1-4H3. The molecule has 3 rings (SSSR count). The molecule has 0 radical (unpaired) electrons. The number of benzene rings is 1. The second-order valence-corrected chi connectivity index (χ2v) is 8.02. The normalized spacial score (nSPS) is 11.7. The van der Waals surface area contributed by atoms with Crippen LogP contribution in [0.25, 0.3) is 11.2 Å². The van der Waals surface area contributed by atoms with E-state index in [-0.39, 0.29) is 10.9 Å². The summed E-state index contributed by atoms with van der Waals surface area (Å²) >= 11 is 0. The molecule has 27 heavy (non-hydrogen) atoms. The molecule has 0 saturated heterocycles. The number of hydrogen-bond acceptors (Lipinski definition) is 7. The van der Waals surface area contributed by atoms with Crippen LogP contribution in [0.1, 0.15) is 19.4 Å². The topological polar surface area (TPSA) is 90.2 Å². The van der Waals surface area contributed by atoms with Crippen LogP contribution in [0, 0.1) is 0 Å². The van der Waals surface area contributed by atoms with E-state index in [0.717, 1.165) is 0 Å². The van der Waals surface area contributed by atoms with Crippen LogP contribution in [0.5, 0.6) is 5.75 Å². The van der Waals surface area contributed by atoms with Crippen molar-refractivity contribution in [3.63, 3.8) is 0 Å².